The zero-order chi connectivity index (χ0) is 20.1. The topological polar surface area (TPSA) is 89.1 Å². The highest BCUT2D eigenvalue weighted by Gasteiger charge is 2.32. The number of hydrogen-bond acceptors (Lipinski definition) is 5. The van der Waals surface area contributed by atoms with Gasteiger partial charge in [0, 0.05) is 6.20 Å². The molecule has 0 radical (unpaired) electrons. The Bertz CT molecular complexity index is 972. The second-order valence-electron chi connectivity index (χ2n) is 5.57. The molecular weight excluding hydrogens is 377 g/mol. The summed E-state index contributed by atoms with van der Waals surface area (Å²) in [5.41, 5.74) is 1.52. The molecule has 3 aromatic rings. The molecule has 0 aliphatic rings. The highest BCUT2D eigenvalue weighted by molar-refractivity contribution is 5.96. The van der Waals surface area contributed by atoms with Crippen molar-refractivity contribution in [1.29, 1.82) is 0 Å². The second-order valence-corrected chi connectivity index (χ2v) is 5.57. The van der Waals surface area contributed by atoms with Crippen LogP contribution in [0, 0.1) is 0 Å². The van der Waals surface area contributed by atoms with Crippen LogP contribution in [0.4, 0.5) is 13.2 Å². The lowest BCUT2D eigenvalue weighted by Crippen LogP contribution is -2.25. The predicted octanol–water partition coefficient (Wildman–Crippen LogP) is 3.31. The molecule has 3 rings (SSSR count). The lowest BCUT2D eigenvalue weighted by Gasteiger charge is -2.12. The van der Waals surface area contributed by atoms with Crippen LogP contribution in [0.25, 0.3) is 11.3 Å². The number of aromatic amines is 1. The zero-order valence-electron chi connectivity index (χ0n) is 14.6. The number of aromatic nitrogens is 3. The minimum absolute atomic E-state index is 0.0226. The molecule has 10 heteroatoms. The van der Waals surface area contributed by atoms with Crippen LogP contribution in [0.15, 0.2) is 48.7 Å². The summed E-state index contributed by atoms with van der Waals surface area (Å²) in [6.07, 6.45) is -3.31. The molecule has 0 saturated carbocycles. The summed E-state index contributed by atoms with van der Waals surface area (Å²) < 4.78 is 46.5. The maximum Gasteiger partial charge on any atom is 0.573 e. The van der Waals surface area contributed by atoms with E-state index >= 15 is 0 Å². The Morgan fingerprint density at radius 2 is 2.00 bits per heavy atom. The first-order chi connectivity index (χ1) is 13.4. The third-order valence-corrected chi connectivity index (χ3v) is 3.67. The van der Waals surface area contributed by atoms with E-state index in [-0.39, 0.29) is 12.1 Å². The first-order valence-electron chi connectivity index (χ1n) is 8.04. The van der Waals surface area contributed by atoms with Gasteiger partial charge in [0.2, 0.25) is 5.88 Å². The average molecular weight is 392 g/mol. The number of H-pyrrole nitrogens is 1. The van der Waals surface area contributed by atoms with E-state index in [2.05, 4.69) is 25.2 Å². The standard InChI is InChI=1S/C18H15F3N4O3/c1-27-17-12(6-4-8-22-17)14-9-11(24-25-14)10-23-16(26)13-5-2-3-7-15(13)28-18(19,20)21/h2-9H,10H2,1H3,(H,23,26)(H,24,25). The Kier molecular flexibility index (Phi) is 5.48. The maximum absolute atomic E-state index is 12.5. The van der Waals surface area contributed by atoms with E-state index in [1.165, 1.54) is 25.3 Å². The molecule has 2 heterocycles. The zero-order valence-corrected chi connectivity index (χ0v) is 14.6. The van der Waals surface area contributed by atoms with Gasteiger partial charge < -0.3 is 14.8 Å². The number of benzene rings is 1. The Labute approximate surface area is 157 Å². The number of alkyl halides is 3. The predicted molar refractivity (Wildman–Crippen MR) is 92.7 cm³/mol. The number of nitrogens with one attached hydrogen (secondary N) is 2. The van der Waals surface area contributed by atoms with Crippen molar-refractivity contribution in [1.82, 2.24) is 20.5 Å². The fourth-order valence-electron chi connectivity index (χ4n) is 2.48. The number of rotatable bonds is 6. The largest absolute Gasteiger partial charge is 0.573 e. The summed E-state index contributed by atoms with van der Waals surface area (Å²) in [4.78, 5) is 16.4. The number of ether oxygens (including phenoxy) is 2. The van der Waals surface area contributed by atoms with Gasteiger partial charge in [-0.1, -0.05) is 12.1 Å². The molecule has 0 spiro atoms. The smallest absolute Gasteiger partial charge is 0.481 e. The molecule has 0 unspecified atom stereocenters. The fraction of sp³-hybridized carbons (Fsp3) is 0.167. The van der Waals surface area contributed by atoms with E-state index in [0.717, 1.165) is 6.07 Å². The van der Waals surface area contributed by atoms with Gasteiger partial charge in [-0.3, -0.25) is 9.89 Å². The summed E-state index contributed by atoms with van der Waals surface area (Å²) in [5, 5.41) is 9.43. The van der Waals surface area contributed by atoms with Crippen molar-refractivity contribution in [2.75, 3.05) is 7.11 Å². The molecule has 2 aromatic heterocycles. The molecule has 0 fully saturated rings. The number of hydrogen-bond donors (Lipinski definition) is 2. The second kappa shape index (κ2) is 7.99. The van der Waals surface area contributed by atoms with Crippen molar-refractivity contribution < 1.29 is 27.4 Å². The quantitative estimate of drug-likeness (QED) is 0.672. The van der Waals surface area contributed by atoms with E-state index in [9.17, 15) is 18.0 Å². The van der Waals surface area contributed by atoms with Crippen LogP contribution < -0.4 is 14.8 Å². The molecule has 0 aliphatic heterocycles. The lowest BCUT2D eigenvalue weighted by molar-refractivity contribution is -0.274. The fourth-order valence-corrected chi connectivity index (χ4v) is 2.48. The van der Waals surface area contributed by atoms with Gasteiger partial charge in [0.25, 0.3) is 5.91 Å². The molecule has 0 saturated heterocycles. The van der Waals surface area contributed by atoms with Crippen LogP contribution in [0.1, 0.15) is 16.1 Å². The number of nitrogens with zero attached hydrogens (tertiary/aromatic N) is 2. The van der Waals surface area contributed by atoms with Crippen LogP contribution in [0.2, 0.25) is 0 Å². The summed E-state index contributed by atoms with van der Waals surface area (Å²) in [6, 6.07) is 10.3. The van der Waals surface area contributed by atoms with Crippen LogP contribution in [-0.2, 0) is 6.54 Å². The summed E-state index contributed by atoms with van der Waals surface area (Å²) >= 11 is 0. The molecule has 2 N–H and O–H groups in total. The van der Waals surface area contributed by atoms with Gasteiger partial charge in [-0.15, -0.1) is 13.2 Å². The summed E-state index contributed by atoms with van der Waals surface area (Å²) in [6.45, 7) is 0.0226. The van der Waals surface area contributed by atoms with Gasteiger partial charge >= 0.3 is 6.36 Å². The van der Waals surface area contributed by atoms with Gasteiger partial charge in [0.15, 0.2) is 0 Å². The molecule has 1 aromatic carbocycles. The van der Waals surface area contributed by atoms with Crippen molar-refractivity contribution in [2.45, 2.75) is 12.9 Å². The first kappa shape index (κ1) is 19.2. The third kappa shape index (κ3) is 4.58. The number of carbonyl (C=O) groups excluding carboxylic acids is 1. The highest BCUT2D eigenvalue weighted by Crippen LogP contribution is 2.27. The number of para-hydroxylation sites is 1. The van der Waals surface area contributed by atoms with E-state index in [1.54, 1.807) is 24.4 Å². The number of amides is 1. The van der Waals surface area contributed by atoms with Crippen molar-refractivity contribution in [3.63, 3.8) is 0 Å². The van der Waals surface area contributed by atoms with Crippen LogP contribution in [0.3, 0.4) is 0 Å². The number of methoxy groups -OCH3 is 1. The van der Waals surface area contributed by atoms with Gasteiger partial charge in [-0.05, 0) is 30.3 Å². The molecular formula is C18H15F3N4O3. The highest BCUT2D eigenvalue weighted by atomic mass is 19.4. The SMILES string of the molecule is COc1ncccc1-c1cc(CNC(=O)c2ccccc2OC(F)(F)F)[nH]n1. The van der Waals surface area contributed by atoms with Crippen molar-refractivity contribution in [3.8, 4) is 22.9 Å². The van der Waals surface area contributed by atoms with Crippen molar-refractivity contribution in [3.05, 3.63) is 59.9 Å². The van der Waals surface area contributed by atoms with E-state index in [4.69, 9.17) is 4.74 Å². The van der Waals surface area contributed by atoms with Gasteiger partial charge in [-0.2, -0.15) is 5.10 Å². The van der Waals surface area contributed by atoms with Gasteiger partial charge in [0.1, 0.15) is 5.75 Å². The Morgan fingerprint density at radius 3 is 2.75 bits per heavy atom. The van der Waals surface area contributed by atoms with Crippen molar-refractivity contribution in [2.24, 2.45) is 0 Å². The Morgan fingerprint density at radius 1 is 1.21 bits per heavy atom. The number of halogens is 3. The molecule has 0 aliphatic carbocycles. The third-order valence-electron chi connectivity index (χ3n) is 3.67. The first-order valence-corrected chi connectivity index (χ1v) is 8.04. The van der Waals surface area contributed by atoms with Gasteiger partial charge in [-0.25, -0.2) is 4.98 Å². The maximum atomic E-state index is 12.5. The van der Waals surface area contributed by atoms with Crippen LogP contribution in [0.5, 0.6) is 11.6 Å². The monoisotopic (exact) mass is 392 g/mol. The lowest BCUT2D eigenvalue weighted by atomic mass is 10.1. The van der Waals surface area contributed by atoms with E-state index in [1.807, 2.05) is 0 Å². The molecule has 1 amide bonds. The van der Waals surface area contributed by atoms with Gasteiger partial charge in [0.05, 0.1) is 36.2 Å². The van der Waals surface area contributed by atoms with Crippen molar-refractivity contribution >= 4 is 5.91 Å². The molecule has 28 heavy (non-hydrogen) atoms. The summed E-state index contributed by atoms with van der Waals surface area (Å²) in [5.74, 6) is -0.893. The molecule has 146 valence electrons. The number of pyridine rings is 1. The van der Waals surface area contributed by atoms with E-state index in [0.29, 0.717) is 22.8 Å². The number of carbonyl (C=O) groups is 1. The average Bonchev–Trinajstić information content (AvgIpc) is 3.14. The summed E-state index contributed by atoms with van der Waals surface area (Å²) in [7, 11) is 1.49. The van der Waals surface area contributed by atoms with E-state index < -0.39 is 18.0 Å². The normalized spacial score (nSPS) is 11.1. The molecule has 0 atom stereocenters. The van der Waals surface area contributed by atoms with Crippen LogP contribution >= 0.6 is 0 Å². The minimum Gasteiger partial charge on any atom is -0.481 e. The molecule has 7 nitrogen and oxygen atoms in total. The Hall–Kier alpha value is -3.56. The van der Waals surface area contributed by atoms with Crippen LogP contribution in [-0.4, -0.2) is 34.6 Å². The minimum atomic E-state index is -4.89. The Balaban J connectivity index is 1.70. The molecule has 0 bridgehead atoms.